The molecule has 126 valence electrons. The van der Waals surface area contributed by atoms with Crippen LogP contribution in [0.5, 0.6) is 0 Å². The number of primary amides is 1. The lowest BCUT2D eigenvalue weighted by atomic mass is 10.1. The van der Waals surface area contributed by atoms with E-state index in [1.807, 2.05) is 23.1 Å². The number of urea groups is 1. The average Bonchev–Trinajstić information content (AvgIpc) is 2.58. The number of nitrogens with one attached hydrogen (secondary N) is 1. The fourth-order valence-electron chi connectivity index (χ4n) is 2.80. The first-order valence-corrected chi connectivity index (χ1v) is 8.28. The Hall–Kier alpha value is -2.24. The second kappa shape index (κ2) is 9.02. The fraction of sp³-hybridized carbons (Fsp3) is 0.529. The molecule has 3 amide bonds. The number of carbonyl (C=O) groups is 2. The third kappa shape index (κ3) is 5.81. The van der Waals surface area contributed by atoms with E-state index in [1.54, 1.807) is 0 Å². The molecule has 0 saturated carbocycles. The van der Waals surface area contributed by atoms with Gasteiger partial charge < -0.3 is 20.9 Å². The Bertz CT molecular complexity index is 499. The van der Waals surface area contributed by atoms with Crippen LogP contribution in [0.2, 0.25) is 0 Å². The summed E-state index contributed by atoms with van der Waals surface area (Å²) in [7, 11) is 0. The van der Waals surface area contributed by atoms with Gasteiger partial charge in [-0.25, -0.2) is 4.79 Å². The van der Waals surface area contributed by atoms with Crippen LogP contribution in [0, 0.1) is 0 Å². The summed E-state index contributed by atoms with van der Waals surface area (Å²) in [6.45, 7) is 3.93. The van der Waals surface area contributed by atoms with Crippen LogP contribution in [-0.4, -0.2) is 49.6 Å². The molecule has 0 aliphatic carbocycles. The van der Waals surface area contributed by atoms with E-state index in [0.29, 0.717) is 13.0 Å². The second-order valence-corrected chi connectivity index (χ2v) is 5.81. The maximum Gasteiger partial charge on any atom is 0.312 e. The molecule has 2 rings (SSSR count). The smallest absolute Gasteiger partial charge is 0.312 e. The number of nitrogens with two attached hydrogens (primary N) is 1. The van der Waals surface area contributed by atoms with Gasteiger partial charge in [0.1, 0.15) is 0 Å². The molecule has 0 aromatic heterocycles. The van der Waals surface area contributed by atoms with Crippen LogP contribution < -0.4 is 16.0 Å². The van der Waals surface area contributed by atoms with Gasteiger partial charge in [0.25, 0.3) is 0 Å². The summed E-state index contributed by atoms with van der Waals surface area (Å²) >= 11 is 0. The largest absolute Gasteiger partial charge is 0.368 e. The van der Waals surface area contributed by atoms with Crippen molar-refractivity contribution in [3.05, 3.63) is 30.3 Å². The standard InChI is InChI=1S/C17H26N4O2/c18-17(23)19-10-6-2-5-9-16(22)21-13-11-20(12-14-21)15-7-3-1-4-8-15/h1,3-4,7-8H,2,5-6,9-14H2,(H3,18,19,23). The molecule has 0 bridgehead atoms. The zero-order chi connectivity index (χ0) is 16.5. The molecule has 1 heterocycles. The summed E-state index contributed by atoms with van der Waals surface area (Å²) in [6, 6.07) is 9.83. The van der Waals surface area contributed by atoms with Gasteiger partial charge in [0.05, 0.1) is 0 Å². The quantitative estimate of drug-likeness (QED) is 0.749. The number of nitrogens with zero attached hydrogens (tertiary/aromatic N) is 2. The van der Waals surface area contributed by atoms with Crippen molar-refractivity contribution < 1.29 is 9.59 Å². The van der Waals surface area contributed by atoms with Gasteiger partial charge in [-0.3, -0.25) is 4.79 Å². The molecule has 0 atom stereocenters. The molecule has 1 saturated heterocycles. The molecule has 1 aromatic rings. The first-order valence-electron chi connectivity index (χ1n) is 8.28. The van der Waals surface area contributed by atoms with Crippen molar-refractivity contribution >= 4 is 17.6 Å². The topological polar surface area (TPSA) is 78.7 Å². The molecule has 1 fully saturated rings. The van der Waals surface area contributed by atoms with Crippen molar-refractivity contribution in [2.45, 2.75) is 25.7 Å². The van der Waals surface area contributed by atoms with Crippen LogP contribution in [0.4, 0.5) is 10.5 Å². The van der Waals surface area contributed by atoms with Crippen molar-refractivity contribution in [1.29, 1.82) is 0 Å². The monoisotopic (exact) mass is 318 g/mol. The zero-order valence-corrected chi connectivity index (χ0v) is 13.5. The molecule has 6 heteroatoms. The minimum Gasteiger partial charge on any atom is -0.368 e. The van der Waals surface area contributed by atoms with E-state index in [-0.39, 0.29) is 5.91 Å². The Labute approximate surface area is 137 Å². The van der Waals surface area contributed by atoms with Crippen molar-refractivity contribution in [3.8, 4) is 0 Å². The van der Waals surface area contributed by atoms with Crippen LogP contribution in [0.25, 0.3) is 0 Å². The summed E-state index contributed by atoms with van der Waals surface area (Å²) in [4.78, 5) is 27.0. The van der Waals surface area contributed by atoms with Gasteiger partial charge in [-0.05, 0) is 25.0 Å². The van der Waals surface area contributed by atoms with Gasteiger partial charge in [-0.2, -0.15) is 0 Å². The number of benzene rings is 1. The van der Waals surface area contributed by atoms with Gasteiger partial charge in [0, 0.05) is 44.8 Å². The summed E-state index contributed by atoms with van der Waals surface area (Å²) in [5.74, 6) is 0.237. The second-order valence-electron chi connectivity index (χ2n) is 5.81. The number of para-hydroxylation sites is 1. The van der Waals surface area contributed by atoms with Gasteiger partial charge in [0.15, 0.2) is 0 Å². The predicted molar refractivity (Wildman–Crippen MR) is 91.3 cm³/mol. The Morgan fingerprint density at radius 1 is 1.00 bits per heavy atom. The molecule has 1 aromatic carbocycles. The lowest BCUT2D eigenvalue weighted by Crippen LogP contribution is -2.48. The predicted octanol–water partition coefficient (Wildman–Crippen LogP) is 1.56. The normalized spacial score (nSPS) is 14.6. The third-order valence-electron chi connectivity index (χ3n) is 4.12. The molecule has 23 heavy (non-hydrogen) atoms. The molecular formula is C17H26N4O2. The zero-order valence-electron chi connectivity index (χ0n) is 13.5. The molecule has 0 unspecified atom stereocenters. The van der Waals surface area contributed by atoms with E-state index in [0.717, 1.165) is 45.4 Å². The highest BCUT2D eigenvalue weighted by molar-refractivity contribution is 5.76. The van der Waals surface area contributed by atoms with E-state index in [4.69, 9.17) is 5.73 Å². The maximum absolute atomic E-state index is 12.2. The number of carbonyl (C=O) groups excluding carboxylic acids is 2. The van der Waals surface area contributed by atoms with Crippen LogP contribution >= 0.6 is 0 Å². The Kier molecular flexibility index (Phi) is 6.72. The van der Waals surface area contributed by atoms with Gasteiger partial charge in [0.2, 0.25) is 5.91 Å². The lowest BCUT2D eigenvalue weighted by Gasteiger charge is -2.36. The first kappa shape index (κ1) is 17.1. The molecule has 3 N–H and O–H groups in total. The van der Waals surface area contributed by atoms with E-state index < -0.39 is 6.03 Å². The highest BCUT2D eigenvalue weighted by Crippen LogP contribution is 2.16. The molecule has 0 spiro atoms. The van der Waals surface area contributed by atoms with Gasteiger partial charge in [-0.15, -0.1) is 0 Å². The van der Waals surface area contributed by atoms with Crippen molar-refractivity contribution in [3.63, 3.8) is 0 Å². The fourth-order valence-corrected chi connectivity index (χ4v) is 2.80. The summed E-state index contributed by atoms with van der Waals surface area (Å²) in [6.07, 6.45) is 3.23. The van der Waals surface area contributed by atoms with E-state index >= 15 is 0 Å². The Morgan fingerprint density at radius 3 is 2.35 bits per heavy atom. The number of amides is 3. The Morgan fingerprint density at radius 2 is 1.70 bits per heavy atom. The lowest BCUT2D eigenvalue weighted by molar-refractivity contribution is -0.131. The maximum atomic E-state index is 12.2. The van der Waals surface area contributed by atoms with Crippen molar-refractivity contribution in [2.75, 3.05) is 37.6 Å². The van der Waals surface area contributed by atoms with Crippen LogP contribution in [0.15, 0.2) is 30.3 Å². The summed E-state index contributed by atoms with van der Waals surface area (Å²) in [5, 5.41) is 2.56. The van der Waals surface area contributed by atoms with Crippen molar-refractivity contribution in [2.24, 2.45) is 5.73 Å². The highest BCUT2D eigenvalue weighted by Gasteiger charge is 2.20. The molecule has 1 aliphatic heterocycles. The number of unbranched alkanes of at least 4 members (excludes halogenated alkanes) is 2. The van der Waals surface area contributed by atoms with Crippen molar-refractivity contribution in [1.82, 2.24) is 10.2 Å². The molecule has 6 nitrogen and oxygen atoms in total. The summed E-state index contributed by atoms with van der Waals surface area (Å²) in [5.41, 5.74) is 6.22. The number of hydrogen-bond donors (Lipinski definition) is 2. The van der Waals surface area contributed by atoms with E-state index in [1.165, 1.54) is 5.69 Å². The van der Waals surface area contributed by atoms with Crippen LogP contribution in [0.3, 0.4) is 0 Å². The average molecular weight is 318 g/mol. The number of anilines is 1. The number of hydrogen-bond acceptors (Lipinski definition) is 3. The van der Waals surface area contributed by atoms with Crippen LogP contribution in [0.1, 0.15) is 25.7 Å². The SMILES string of the molecule is NC(=O)NCCCCCC(=O)N1CCN(c2ccccc2)CC1. The summed E-state index contributed by atoms with van der Waals surface area (Å²) < 4.78 is 0. The van der Waals surface area contributed by atoms with E-state index in [9.17, 15) is 9.59 Å². The number of piperazine rings is 1. The minimum absolute atomic E-state index is 0.237. The van der Waals surface area contributed by atoms with Gasteiger partial charge >= 0.3 is 6.03 Å². The highest BCUT2D eigenvalue weighted by atomic mass is 16.2. The first-order chi connectivity index (χ1) is 11.2. The minimum atomic E-state index is -0.489. The Balaban J connectivity index is 1.61. The molecular weight excluding hydrogens is 292 g/mol. The molecule has 1 aliphatic rings. The van der Waals surface area contributed by atoms with Crippen LogP contribution in [-0.2, 0) is 4.79 Å². The number of rotatable bonds is 7. The van der Waals surface area contributed by atoms with Gasteiger partial charge in [-0.1, -0.05) is 24.6 Å². The van der Waals surface area contributed by atoms with E-state index in [2.05, 4.69) is 22.3 Å². The third-order valence-corrected chi connectivity index (χ3v) is 4.12. The molecule has 0 radical (unpaired) electrons.